The molecule has 252 valence electrons. The summed E-state index contributed by atoms with van der Waals surface area (Å²) in [6.07, 6.45) is 49.6. The number of aromatic nitrogens is 1. The Morgan fingerprint density at radius 2 is 0.698 bits per heavy atom. The van der Waals surface area contributed by atoms with Crippen molar-refractivity contribution in [2.45, 2.75) is 239 Å². The smallest absolute Gasteiger partial charge is 0.184 e. The Morgan fingerprint density at radius 3 is 1.05 bits per heavy atom. The highest BCUT2D eigenvalue weighted by Crippen LogP contribution is 2.18. The number of rotatable bonds is 34. The van der Waals surface area contributed by atoms with Crippen molar-refractivity contribution in [3.63, 3.8) is 0 Å². The summed E-state index contributed by atoms with van der Waals surface area (Å²) in [6, 6.07) is 4.75. The van der Waals surface area contributed by atoms with E-state index in [1.165, 1.54) is 218 Å². The van der Waals surface area contributed by atoms with E-state index in [1.54, 1.807) is 11.3 Å². The van der Waals surface area contributed by atoms with Crippen LogP contribution in [0.1, 0.15) is 231 Å². The Bertz CT molecular complexity index is 679. The van der Waals surface area contributed by atoms with E-state index in [0.717, 1.165) is 0 Å². The molecule has 1 nitrogen and oxygen atoms in total. The molecule has 0 N–H and O–H groups in total. The molecule has 1 aromatic rings. The van der Waals surface area contributed by atoms with E-state index in [9.17, 15) is 0 Å². The Kier molecular flexibility index (Phi) is 30.4. The zero-order chi connectivity index (χ0) is 30.9. The van der Waals surface area contributed by atoms with Crippen LogP contribution in [0.25, 0.3) is 0 Å². The summed E-state index contributed by atoms with van der Waals surface area (Å²) in [5, 5.41) is 0. The van der Waals surface area contributed by atoms with Gasteiger partial charge in [-0.05, 0) is 25.3 Å². The minimum absolute atomic E-state index is 1.18. The average molecular weight is 599 g/mol. The molecule has 0 saturated heterocycles. The summed E-state index contributed by atoms with van der Waals surface area (Å²) in [5.41, 5.74) is 3.31. The molecule has 1 rings (SSSR count). The van der Waals surface area contributed by atoms with Crippen LogP contribution >= 0.6 is 0 Å². The van der Waals surface area contributed by atoms with Gasteiger partial charge >= 0.3 is 0 Å². The van der Waals surface area contributed by atoms with Crippen molar-refractivity contribution in [3.05, 3.63) is 29.6 Å². The maximum Gasteiger partial charge on any atom is 0.184 e. The molecule has 0 amide bonds. The van der Waals surface area contributed by atoms with Gasteiger partial charge in [0.1, 0.15) is 6.54 Å². The number of unbranched alkanes of at least 4 members (excludes halogenated alkanes) is 28. The lowest BCUT2D eigenvalue weighted by molar-refractivity contribution is -0.704. The fourth-order valence-corrected chi connectivity index (χ4v) is 6.97. The van der Waals surface area contributed by atoms with Gasteiger partial charge in [-0.25, -0.2) is 4.57 Å². The van der Waals surface area contributed by atoms with Gasteiger partial charge in [0.05, 0.1) is 0 Å². The van der Waals surface area contributed by atoms with Gasteiger partial charge in [-0.2, -0.15) is 0 Å². The highest BCUT2D eigenvalue weighted by Gasteiger charge is 2.15. The second kappa shape index (κ2) is 32.5. The first-order valence-corrected chi connectivity index (χ1v) is 20.3. The normalized spacial score (nSPS) is 11.5. The zero-order valence-corrected chi connectivity index (χ0v) is 30.2. The van der Waals surface area contributed by atoms with Gasteiger partial charge in [0.15, 0.2) is 11.9 Å². The van der Waals surface area contributed by atoms with Crippen molar-refractivity contribution >= 4 is 0 Å². The quantitative estimate of drug-likeness (QED) is 0.0549. The second-order valence-electron chi connectivity index (χ2n) is 14.1. The molecule has 0 radical (unpaired) electrons. The lowest BCUT2D eigenvalue weighted by Crippen LogP contribution is -2.39. The molecular weight excluding hydrogens is 518 g/mol. The molecule has 1 aromatic heterocycles. The van der Waals surface area contributed by atoms with E-state index in [4.69, 9.17) is 0 Å². The van der Waals surface area contributed by atoms with E-state index in [2.05, 4.69) is 43.7 Å². The third-order valence-corrected chi connectivity index (χ3v) is 9.81. The molecule has 0 aromatic carbocycles. The predicted molar refractivity (Wildman–Crippen MR) is 194 cm³/mol. The number of pyridine rings is 1. The molecule has 0 fully saturated rings. The van der Waals surface area contributed by atoms with Crippen LogP contribution in [0.2, 0.25) is 0 Å². The fourth-order valence-electron chi connectivity index (χ4n) is 6.97. The van der Waals surface area contributed by atoms with Crippen molar-refractivity contribution in [3.8, 4) is 0 Å². The predicted octanol–water partition coefficient (Wildman–Crippen LogP) is 14.2. The molecule has 1 heteroatoms. The minimum atomic E-state index is 1.18. The Labute approximate surface area is 272 Å². The largest absolute Gasteiger partial charge is 0.202 e. The third kappa shape index (κ3) is 25.1. The highest BCUT2D eigenvalue weighted by atomic mass is 15.0. The number of hydrogen-bond acceptors (Lipinski definition) is 0. The highest BCUT2D eigenvalue weighted by molar-refractivity contribution is 5.16. The van der Waals surface area contributed by atoms with E-state index >= 15 is 0 Å². The van der Waals surface area contributed by atoms with Gasteiger partial charge in [0.2, 0.25) is 0 Å². The first kappa shape index (κ1) is 40.2. The molecule has 0 atom stereocenters. The summed E-state index contributed by atoms with van der Waals surface area (Å²) in [7, 11) is 0. The van der Waals surface area contributed by atoms with Gasteiger partial charge in [-0.1, -0.05) is 201 Å². The maximum atomic E-state index is 2.59. The summed E-state index contributed by atoms with van der Waals surface area (Å²) in [4.78, 5) is 0. The Balaban J connectivity index is 2.09. The third-order valence-electron chi connectivity index (χ3n) is 9.81. The van der Waals surface area contributed by atoms with Crippen LogP contribution in [0.15, 0.2) is 18.3 Å². The van der Waals surface area contributed by atoms with Gasteiger partial charge in [-0.3, -0.25) is 0 Å². The summed E-state index contributed by atoms with van der Waals surface area (Å²) >= 11 is 0. The topological polar surface area (TPSA) is 3.88 Å². The molecule has 0 unspecified atom stereocenters. The average Bonchev–Trinajstić information content (AvgIpc) is 3.02. The monoisotopic (exact) mass is 599 g/mol. The molecule has 0 saturated carbocycles. The fraction of sp³-hybridized carbons (Fsp3) is 0.881. The maximum absolute atomic E-state index is 2.59. The molecule has 0 spiro atoms. The molecule has 1 heterocycles. The Morgan fingerprint density at radius 1 is 0.372 bits per heavy atom. The molecule has 43 heavy (non-hydrogen) atoms. The summed E-state index contributed by atoms with van der Waals surface area (Å²) < 4.78 is 2.59. The van der Waals surface area contributed by atoms with Crippen molar-refractivity contribution < 1.29 is 4.57 Å². The van der Waals surface area contributed by atoms with E-state index in [-0.39, 0.29) is 0 Å². The van der Waals surface area contributed by atoms with E-state index in [0.29, 0.717) is 0 Å². The van der Waals surface area contributed by atoms with Gasteiger partial charge in [0.25, 0.3) is 0 Å². The van der Waals surface area contributed by atoms with Crippen LogP contribution in [0.4, 0.5) is 0 Å². The number of hydrogen-bond donors (Lipinski definition) is 0. The first-order chi connectivity index (χ1) is 21.3. The van der Waals surface area contributed by atoms with E-state index in [1.807, 2.05) is 0 Å². The molecule has 0 aliphatic carbocycles. The van der Waals surface area contributed by atoms with Crippen LogP contribution in [0.3, 0.4) is 0 Å². The van der Waals surface area contributed by atoms with Crippen molar-refractivity contribution in [1.82, 2.24) is 0 Å². The van der Waals surface area contributed by atoms with Crippen LogP contribution in [-0.2, 0) is 19.4 Å². The van der Waals surface area contributed by atoms with Crippen molar-refractivity contribution in [1.29, 1.82) is 0 Å². The van der Waals surface area contributed by atoms with Crippen LogP contribution in [-0.4, -0.2) is 0 Å². The standard InChI is InChI=1S/C42H80N/c1-4-7-9-11-13-15-17-19-21-23-25-27-29-31-33-36-41-37-35-40-43(39-6-3)42(41)38-34-32-30-28-26-24-22-20-18-16-14-12-10-8-5-2/h35,37,40H,4-34,36,38-39H2,1-3H3/q+1. The van der Waals surface area contributed by atoms with Crippen LogP contribution < -0.4 is 4.57 Å². The zero-order valence-electron chi connectivity index (χ0n) is 30.2. The Hall–Kier alpha value is -0.850. The van der Waals surface area contributed by atoms with Gasteiger partial charge in [-0.15, -0.1) is 0 Å². The molecule has 0 aliphatic heterocycles. The van der Waals surface area contributed by atoms with Crippen LogP contribution in [0.5, 0.6) is 0 Å². The van der Waals surface area contributed by atoms with Gasteiger partial charge < -0.3 is 0 Å². The molecule has 0 bridgehead atoms. The lowest BCUT2D eigenvalue weighted by Gasteiger charge is -2.10. The SMILES string of the molecule is CCCCCCCCCCCCCCCCCc1ccc[n+](CCC)c1CCCCCCCCCCCCCCCCC. The van der Waals surface area contributed by atoms with E-state index < -0.39 is 0 Å². The number of aryl methyl sites for hydroxylation is 2. The summed E-state index contributed by atoms with van der Waals surface area (Å²) in [5.74, 6) is 0. The van der Waals surface area contributed by atoms with Crippen molar-refractivity contribution in [2.24, 2.45) is 0 Å². The summed E-state index contributed by atoms with van der Waals surface area (Å²) in [6.45, 7) is 8.13. The first-order valence-electron chi connectivity index (χ1n) is 20.3. The lowest BCUT2D eigenvalue weighted by atomic mass is 9.99. The molecule has 0 aliphatic rings. The van der Waals surface area contributed by atoms with Gasteiger partial charge in [0, 0.05) is 24.5 Å². The molecular formula is C42H80N+. The second-order valence-corrected chi connectivity index (χ2v) is 14.1. The van der Waals surface area contributed by atoms with Crippen LogP contribution in [0, 0.1) is 0 Å². The van der Waals surface area contributed by atoms with Crippen molar-refractivity contribution in [2.75, 3.05) is 0 Å². The number of nitrogens with zero attached hydrogens (tertiary/aromatic N) is 1. The minimum Gasteiger partial charge on any atom is -0.202 e.